The Labute approximate surface area is 200 Å². The SMILES string of the molecule is CCCCCCCCCCCCCC[C@@H](O)[C@@H](O)C[C@H](CO)n1nncc1-c1ccccc1. The Kier molecular flexibility index (Phi) is 14.0. The topological polar surface area (TPSA) is 91.4 Å². The lowest BCUT2D eigenvalue weighted by molar-refractivity contribution is -0.00534. The largest absolute Gasteiger partial charge is 0.394 e. The lowest BCUT2D eigenvalue weighted by atomic mass is 9.99. The number of rotatable bonds is 19. The maximum atomic E-state index is 10.5. The van der Waals surface area contributed by atoms with Crippen LogP contribution < -0.4 is 0 Å². The molecule has 0 unspecified atom stereocenters. The van der Waals surface area contributed by atoms with E-state index in [2.05, 4.69) is 17.2 Å². The fraction of sp³-hybridized carbons (Fsp3) is 0.704. The third kappa shape index (κ3) is 10.4. The van der Waals surface area contributed by atoms with E-state index in [-0.39, 0.29) is 13.0 Å². The van der Waals surface area contributed by atoms with E-state index in [9.17, 15) is 15.3 Å². The lowest BCUT2D eigenvalue weighted by Crippen LogP contribution is -2.31. The summed E-state index contributed by atoms with van der Waals surface area (Å²) in [4.78, 5) is 0. The van der Waals surface area contributed by atoms with Gasteiger partial charge in [0, 0.05) is 12.0 Å². The third-order valence-corrected chi connectivity index (χ3v) is 6.51. The van der Waals surface area contributed by atoms with E-state index in [0.717, 1.165) is 24.1 Å². The highest BCUT2D eigenvalue weighted by molar-refractivity contribution is 5.58. The summed E-state index contributed by atoms with van der Waals surface area (Å²) < 4.78 is 1.65. The van der Waals surface area contributed by atoms with E-state index in [4.69, 9.17) is 0 Å². The molecule has 2 rings (SSSR count). The number of benzene rings is 1. The molecule has 6 nitrogen and oxygen atoms in total. The number of aliphatic hydroxyl groups excluding tert-OH is 3. The van der Waals surface area contributed by atoms with E-state index < -0.39 is 18.2 Å². The molecule has 0 aliphatic carbocycles. The van der Waals surface area contributed by atoms with Gasteiger partial charge in [0.25, 0.3) is 0 Å². The number of unbranched alkanes of at least 4 members (excludes halogenated alkanes) is 11. The first kappa shape index (κ1) is 27.5. The van der Waals surface area contributed by atoms with Crippen molar-refractivity contribution in [1.29, 1.82) is 0 Å². The van der Waals surface area contributed by atoms with Crippen molar-refractivity contribution >= 4 is 0 Å². The first-order chi connectivity index (χ1) is 16.2. The highest BCUT2D eigenvalue weighted by Crippen LogP contribution is 2.24. The lowest BCUT2D eigenvalue weighted by Gasteiger charge is -2.23. The molecule has 0 aliphatic rings. The normalized spacial score (nSPS) is 14.3. The van der Waals surface area contributed by atoms with Crippen LogP contribution in [0.25, 0.3) is 11.3 Å². The number of hydrogen-bond acceptors (Lipinski definition) is 5. The fourth-order valence-electron chi connectivity index (χ4n) is 4.40. The van der Waals surface area contributed by atoms with Crippen LogP contribution in [0, 0.1) is 0 Å². The Morgan fingerprint density at radius 3 is 1.94 bits per heavy atom. The molecule has 0 saturated carbocycles. The van der Waals surface area contributed by atoms with E-state index >= 15 is 0 Å². The predicted molar refractivity (Wildman–Crippen MR) is 134 cm³/mol. The monoisotopic (exact) mass is 459 g/mol. The third-order valence-electron chi connectivity index (χ3n) is 6.51. The Hall–Kier alpha value is -1.76. The van der Waals surface area contributed by atoms with Crippen molar-refractivity contribution < 1.29 is 15.3 Å². The van der Waals surface area contributed by atoms with Crippen LogP contribution in [-0.2, 0) is 0 Å². The zero-order valence-corrected chi connectivity index (χ0v) is 20.5. The molecular formula is C27H45N3O3. The summed E-state index contributed by atoms with van der Waals surface area (Å²) in [6.07, 6.45) is 16.1. The minimum atomic E-state index is -0.900. The Balaban J connectivity index is 1.62. The van der Waals surface area contributed by atoms with Crippen molar-refractivity contribution in [3.8, 4) is 11.3 Å². The van der Waals surface area contributed by atoms with Gasteiger partial charge in [0.05, 0.1) is 36.7 Å². The van der Waals surface area contributed by atoms with Gasteiger partial charge in [-0.3, -0.25) is 0 Å². The molecule has 0 saturated heterocycles. The molecule has 6 heteroatoms. The van der Waals surface area contributed by atoms with Crippen LogP contribution in [0.1, 0.15) is 103 Å². The van der Waals surface area contributed by atoms with Gasteiger partial charge in [0.15, 0.2) is 0 Å². The predicted octanol–water partition coefficient (Wildman–Crippen LogP) is 5.68. The molecule has 0 radical (unpaired) electrons. The van der Waals surface area contributed by atoms with Crippen LogP contribution in [0.5, 0.6) is 0 Å². The molecule has 0 fully saturated rings. The summed E-state index contributed by atoms with van der Waals surface area (Å²) in [5, 5.41) is 39.0. The molecule has 0 spiro atoms. The van der Waals surface area contributed by atoms with Crippen molar-refractivity contribution in [1.82, 2.24) is 15.0 Å². The van der Waals surface area contributed by atoms with Crippen molar-refractivity contribution in [3.63, 3.8) is 0 Å². The van der Waals surface area contributed by atoms with Crippen molar-refractivity contribution in [3.05, 3.63) is 36.5 Å². The van der Waals surface area contributed by atoms with Gasteiger partial charge in [-0.1, -0.05) is 120 Å². The molecule has 1 aromatic carbocycles. The molecule has 0 aliphatic heterocycles. The van der Waals surface area contributed by atoms with Gasteiger partial charge >= 0.3 is 0 Å². The molecule has 3 N–H and O–H groups in total. The molecule has 186 valence electrons. The number of aliphatic hydroxyl groups is 3. The minimum Gasteiger partial charge on any atom is -0.394 e. The molecule has 33 heavy (non-hydrogen) atoms. The van der Waals surface area contributed by atoms with Crippen molar-refractivity contribution in [2.24, 2.45) is 0 Å². The molecule has 2 aromatic rings. The molecule has 0 amide bonds. The molecule has 1 aromatic heterocycles. The number of hydrogen-bond donors (Lipinski definition) is 3. The van der Waals surface area contributed by atoms with Crippen LogP contribution in [0.15, 0.2) is 36.5 Å². The Morgan fingerprint density at radius 2 is 1.36 bits per heavy atom. The minimum absolute atomic E-state index is 0.175. The molecular weight excluding hydrogens is 414 g/mol. The average Bonchev–Trinajstić information content (AvgIpc) is 3.33. The number of aromatic nitrogens is 3. The maximum Gasteiger partial charge on any atom is 0.0889 e. The van der Waals surface area contributed by atoms with Gasteiger partial charge in [-0.2, -0.15) is 0 Å². The van der Waals surface area contributed by atoms with Crippen LogP contribution in [-0.4, -0.2) is 49.1 Å². The van der Waals surface area contributed by atoms with E-state index in [1.165, 1.54) is 64.2 Å². The summed E-state index contributed by atoms with van der Waals surface area (Å²) in [6, 6.07) is 9.30. The molecule has 3 atom stereocenters. The van der Waals surface area contributed by atoms with Gasteiger partial charge in [-0.25, -0.2) is 4.68 Å². The van der Waals surface area contributed by atoms with E-state index in [1.54, 1.807) is 10.9 Å². The van der Waals surface area contributed by atoms with Crippen molar-refractivity contribution in [2.75, 3.05) is 6.61 Å². The number of nitrogens with zero attached hydrogens (tertiary/aromatic N) is 3. The van der Waals surface area contributed by atoms with Gasteiger partial charge in [0.2, 0.25) is 0 Å². The highest BCUT2D eigenvalue weighted by atomic mass is 16.3. The van der Waals surface area contributed by atoms with Crippen LogP contribution in [0.4, 0.5) is 0 Å². The first-order valence-electron chi connectivity index (χ1n) is 13.1. The maximum absolute atomic E-state index is 10.5. The van der Waals surface area contributed by atoms with E-state index in [0.29, 0.717) is 6.42 Å². The Bertz CT molecular complexity index is 722. The van der Waals surface area contributed by atoms with E-state index in [1.807, 2.05) is 30.3 Å². The summed E-state index contributed by atoms with van der Waals surface area (Å²) in [5.41, 5.74) is 1.74. The van der Waals surface area contributed by atoms with Gasteiger partial charge in [-0.15, -0.1) is 5.10 Å². The summed E-state index contributed by atoms with van der Waals surface area (Å²) in [6.45, 7) is 2.08. The summed E-state index contributed by atoms with van der Waals surface area (Å²) in [7, 11) is 0. The summed E-state index contributed by atoms with van der Waals surface area (Å²) in [5.74, 6) is 0. The fourth-order valence-corrected chi connectivity index (χ4v) is 4.40. The van der Waals surface area contributed by atoms with Gasteiger partial charge < -0.3 is 15.3 Å². The summed E-state index contributed by atoms with van der Waals surface area (Å²) >= 11 is 0. The highest BCUT2D eigenvalue weighted by Gasteiger charge is 2.24. The second kappa shape index (κ2) is 16.8. The molecule has 1 heterocycles. The zero-order chi connectivity index (χ0) is 23.7. The van der Waals surface area contributed by atoms with Crippen molar-refractivity contribution in [2.45, 2.75) is 115 Å². The first-order valence-corrected chi connectivity index (χ1v) is 13.1. The van der Waals surface area contributed by atoms with Gasteiger partial charge in [-0.05, 0) is 6.42 Å². The quantitative estimate of drug-likeness (QED) is 0.235. The van der Waals surface area contributed by atoms with Gasteiger partial charge in [0.1, 0.15) is 0 Å². The second-order valence-corrected chi connectivity index (χ2v) is 9.31. The Morgan fingerprint density at radius 1 is 0.788 bits per heavy atom. The second-order valence-electron chi connectivity index (χ2n) is 9.31. The average molecular weight is 460 g/mol. The zero-order valence-electron chi connectivity index (χ0n) is 20.5. The van der Waals surface area contributed by atoms with Crippen LogP contribution in [0.3, 0.4) is 0 Å². The van der Waals surface area contributed by atoms with Crippen LogP contribution >= 0.6 is 0 Å². The standard InChI is InChI=1S/C27H45N3O3/c1-2-3-4-5-6-7-8-9-10-11-12-16-19-26(32)27(33)20-24(22-31)30-25(21-28-29-30)23-17-14-13-15-18-23/h13-15,17-18,21,24,26-27,31-33H,2-12,16,19-20,22H2,1H3/t24-,26-,27+/m1/s1. The molecule has 0 bridgehead atoms. The smallest absolute Gasteiger partial charge is 0.0889 e. The van der Waals surface area contributed by atoms with Crippen LogP contribution in [0.2, 0.25) is 0 Å².